The highest BCUT2D eigenvalue weighted by Gasteiger charge is 2.06. The molecule has 1 heterocycles. The van der Waals surface area contributed by atoms with E-state index >= 15 is 0 Å². The molecule has 1 aromatic carbocycles. The van der Waals surface area contributed by atoms with E-state index in [2.05, 4.69) is 28.8 Å². The minimum absolute atomic E-state index is 0.157. The summed E-state index contributed by atoms with van der Waals surface area (Å²) in [5, 5.41) is 1.18. The van der Waals surface area contributed by atoms with Gasteiger partial charge in [0, 0.05) is 30.6 Å². The van der Waals surface area contributed by atoms with E-state index in [9.17, 15) is 8.42 Å². The predicted molar refractivity (Wildman–Crippen MR) is 83.6 cm³/mol. The normalized spacial score (nSPS) is 13.8. The average Bonchev–Trinajstić information content (AvgIpc) is 2.69. The van der Waals surface area contributed by atoms with Crippen molar-refractivity contribution in [1.82, 2.24) is 4.57 Å². The Balaban J connectivity index is 2.12. The fourth-order valence-corrected chi connectivity index (χ4v) is 3.09. The highest BCUT2D eigenvalue weighted by atomic mass is 32.2. The van der Waals surface area contributed by atoms with Crippen molar-refractivity contribution >= 4 is 20.7 Å². The third-order valence-electron chi connectivity index (χ3n) is 3.31. The molecule has 1 unspecified atom stereocenters. The van der Waals surface area contributed by atoms with Crippen LogP contribution in [0.15, 0.2) is 30.5 Å². The molecule has 0 radical (unpaired) electrons. The molecule has 110 valence electrons. The summed E-state index contributed by atoms with van der Waals surface area (Å²) < 4.78 is 24.4. The van der Waals surface area contributed by atoms with Crippen molar-refractivity contribution in [1.29, 1.82) is 0 Å². The van der Waals surface area contributed by atoms with E-state index in [0.717, 1.165) is 18.5 Å². The molecule has 2 rings (SSSR count). The fraction of sp³-hybridized carbons (Fsp3) is 0.467. The first-order valence-corrected chi connectivity index (χ1v) is 8.92. The molecule has 0 aliphatic heterocycles. The van der Waals surface area contributed by atoms with E-state index in [1.165, 1.54) is 17.2 Å². The molecule has 2 aromatic rings. The minimum Gasteiger partial charge on any atom is -0.347 e. The Bertz CT molecular complexity index is 687. The number of nitrogens with two attached hydrogens (primary N) is 1. The van der Waals surface area contributed by atoms with Crippen LogP contribution in [0.2, 0.25) is 0 Å². The lowest BCUT2D eigenvalue weighted by Crippen LogP contribution is -2.17. The second kappa shape index (κ2) is 5.97. The first-order valence-electron chi connectivity index (χ1n) is 6.86. The van der Waals surface area contributed by atoms with Crippen LogP contribution in [-0.2, 0) is 22.8 Å². The van der Waals surface area contributed by atoms with Gasteiger partial charge in [-0.2, -0.15) is 0 Å². The van der Waals surface area contributed by atoms with E-state index in [0.29, 0.717) is 6.42 Å². The predicted octanol–water partition coefficient (Wildman–Crippen LogP) is 1.97. The molecule has 0 fully saturated rings. The van der Waals surface area contributed by atoms with Crippen LogP contribution in [0.3, 0.4) is 0 Å². The van der Waals surface area contributed by atoms with E-state index in [1.807, 2.05) is 13.1 Å². The lowest BCUT2D eigenvalue weighted by atomic mass is 10.1. The van der Waals surface area contributed by atoms with Gasteiger partial charge < -0.3 is 10.3 Å². The number of fused-ring (bicyclic) bond motifs is 1. The Morgan fingerprint density at radius 2 is 2.05 bits per heavy atom. The summed E-state index contributed by atoms with van der Waals surface area (Å²) in [5.74, 6) is 0.232. The lowest BCUT2D eigenvalue weighted by molar-refractivity contribution is 0.593. The summed E-state index contributed by atoms with van der Waals surface area (Å²) in [7, 11) is -2.88. The highest BCUT2D eigenvalue weighted by molar-refractivity contribution is 7.90. The van der Waals surface area contributed by atoms with Gasteiger partial charge in [-0.15, -0.1) is 0 Å². The van der Waals surface area contributed by atoms with E-state index in [-0.39, 0.29) is 11.8 Å². The largest absolute Gasteiger partial charge is 0.347 e. The smallest absolute Gasteiger partial charge is 0.147 e. The molecule has 0 bridgehead atoms. The molecule has 0 saturated carbocycles. The van der Waals surface area contributed by atoms with Gasteiger partial charge in [0.25, 0.3) is 0 Å². The minimum atomic E-state index is -2.88. The summed E-state index contributed by atoms with van der Waals surface area (Å²) in [6.07, 6.45) is 4.81. The van der Waals surface area contributed by atoms with Crippen molar-refractivity contribution in [3.05, 3.63) is 36.0 Å². The molecule has 1 atom stereocenters. The van der Waals surface area contributed by atoms with Gasteiger partial charge in [0.05, 0.1) is 5.75 Å². The standard InChI is InChI=1S/C15H22N2O2S/c1-12(16)10-13-4-5-15-14(11-13)6-8-17(15)7-3-9-20(2,18)19/h4-6,8,11-12H,3,7,9-10,16H2,1-2H3. The van der Waals surface area contributed by atoms with Crippen LogP contribution in [0.4, 0.5) is 0 Å². The molecule has 0 saturated heterocycles. The topological polar surface area (TPSA) is 65.1 Å². The second-order valence-electron chi connectivity index (χ2n) is 5.57. The average molecular weight is 294 g/mol. The maximum absolute atomic E-state index is 11.1. The fourth-order valence-electron chi connectivity index (χ4n) is 2.44. The van der Waals surface area contributed by atoms with Crippen molar-refractivity contribution < 1.29 is 8.42 Å². The van der Waals surface area contributed by atoms with Gasteiger partial charge in [0.2, 0.25) is 0 Å². The van der Waals surface area contributed by atoms with Gasteiger partial charge in [-0.3, -0.25) is 0 Å². The van der Waals surface area contributed by atoms with E-state index in [1.54, 1.807) is 0 Å². The van der Waals surface area contributed by atoms with E-state index in [4.69, 9.17) is 5.73 Å². The Morgan fingerprint density at radius 3 is 2.70 bits per heavy atom. The molecule has 0 aliphatic carbocycles. The summed E-state index contributed by atoms with van der Waals surface area (Å²) in [4.78, 5) is 0. The number of benzene rings is 1. The molecule has 0 aliphatic rings. The number of nitrogens with zero attached hydrogens (tertiary/aromatic N) is 1. The molecular formula is C15H22N2O2S. The van der Waals surface area contributed by atoms with Crippen molar-refractivity contribution in [3.63, 3.8) is 0 Å². The van der Waals surface area contributed by atoms with Gasteiger partial charge >= 0.3 is 0 Å². The summed E-state index contributed by atoms with van der Waals surface area (Å²) in [6.45, 7) is 2.73. The van der Waals surface area contributed by atoms with Crippen LogP contribution in [0, 0.1) is 0 Å². The number of rotatable bonds is 6. The van der Waals surface area contributed by atoms with Crippen LogP contribution >= 0.6 is 0 Å². The lowest BCUT2D eigenvalue weighted by Gasteiger charge is -2.07. The molecule has 2 N–H and O–H groups in total. The molecule has 0 spiro atoms. The monoisotopic (exact) mass is 294 g/mol. The first-order chi connectivity index (χ1) is 9.35. The molecule has 1 aromatic heterocycles. The number of hydrogen-bond donors (Lipinski definition) is 1. The van der Waals surface area contributed by atoms with Gasteiger partial charge in [-0.25, -0.2) is 8.42 Å². The highest BCUT2D eigenvalue weighted by Crippen LogP contribution is 2.19. The molecule has 4 nitrogen and oxygen atoms in total. The first kappa shape index (κ1) is 15.1. The molecular weight excluding hydrogens is 272 g/mol. The van der Waals surface area contributed by atoms with Crippen LogP contribution in [0.5, 0.6) is 0 Å². The maximum Gasteiger partial charge on any atom is 0.147 e. The summed E-state index contributed by atoms with van der Waals surface area (Å²) >= 11 is 0. The third kappa shape index (κ3) is 4.08. The Hall–Kier alpha value is -1.33. The number of aryl methyl sites for hydroxylation is 1. The third-order valence-corrected chi connectivity index (χ3v) is 4.34. The molecule has 0 amide bonds. The van der Waals surface area contributed by atoms with Crippen molar-refractivity contribution in [2.45, 2.75) is 32.4 Å². The Kier molecular flexibility index (Phi) is 4.50. The molecule has 5 heteroatoms. The SMILES string of the molecule is CC(N)Cc1ccc2c(ccn2CCCS(C)(=O)=O)c1. The zero-order valence-electron chi connectivity index (χ0n) is 12.0. The van der Waals surface area contributed by atoms with Crippen LogP contribution in [0.1, 0.15) is 18.9 Å². The van der Waals surface area contributed by atoms with Gasteiger partial charge in [-0.1, -0.05) is 6.07 Å². The zero-order chi connectivity index (χ0) is 14.8. The number of aromatic nitrogens is 1. The Labute approximate surface area is 120 Å². The molecule has 20 heavy (non-hydrogen) atoms. The van der Waals surface area contributed by atoms with Crippen molar-refractivity contribution in [2.24, 2.45) is 5.73 Å². The van der Waals surface area contributed by atoms with Gasteiger partial charge in [0.1, 0.15) is 9.84 Å². The number of sulfone groups is 1. The zero-order valence-corrected chi connectivity index (χ0v) is 12.9. The van der Waals surface area contributed by atoms with Crippen LogP contribution < -0.4 is 5.73 Å². The second-order valence-corrected chi connectivity index (χ2v) is 7.83. The van der Waals surface area contributed by atoms with Crippen LogP contribution in [-0.4, -0.2) is 31.0 Å². The van der Waals surface area contributed by atoms with Crippen LogP contribution in [0.25, 0.3) is 10.9 Å². The quantitative estimate of drug-likeness (QED) is 0.886. The van der Waals surface area contributed by atoms with Gasteiger partial charge in [0.15, 0.2) is 0 Å². The van der Waals surface area contributed by atoms with E-state index < -0.39 is 9.84 Å². The van der Waals surface area contributed by atoms with Gasteiger partial charge in [-0.05, 0) is 48.9 Å². The maximum atomic E-state index is 11.1. The van der Waals surface area contributed by atoms with Crippen molar-refractivity contribution in [2.75, 3.05) is 12.0 Å². The van der Waals surface area contributed by atoms with Crippen molar-refractivity contribution in [3.8, 4) is 0 Å². The number of hydrogen-bond acceptors (Lipinski definition) is 3. The Morgan fingerprint density at radius 1 is 1.30 bits per heavy atom. The summed E-state index contributed by atoms with van der Waals surface area (Å²) in [6, 6.07) is 8.57. The summed E-state index contributed by atoms with van der Waals surface area (Å²) in [5.41, 5.74) is 8.20.